The molecular weight excluding hydrogens is 190 g/mol. The number of fused-ring (bicyclic) bond motifs is 1. The van der Waals surface area contributed by atoms with Crippen LogP contribution >= 0.6 is 0 Å². The van der Waals surface area contributed by atoms with E-state index in [0.29, 0.717) is 12.8 Å². The van der Waals surface area contributed by atoms with Crippen LogP contribution in [-0.2, 0) is 22.4 Å². The topological polar surface area (TPSA) is 46.5 Å². The van der Waals surface area contributed by atoms with Gasteiger partial charge < -0.3 is 0 Å². The van der Waals surface area contributed by atoms with Crippen LogP contribution in [0.15, 0.2) is 23.2 Å². The van der Waals surface area contributed by atoms with Gasteiger partial charge in [0.05, 0.1) is 11.9 Å². The molecule has 0 aromatic heterocycles. The molecule has 1 heterocycles. The average Bonchev–Trinajstić information content (AvgIpc) is 2.17. The van der Waals surface area contributed by atoms with E-state index >= 15 is 0 Å². The fourth-order valence-electron chi connectivity index (χ4n) is 1.65. The summed E-state index contributed by atoms with van der Waals surface area (Å²) < 4.78 is 0. The Balaban J connectivity index is 2.33. The van der Waals surface area contributed by atoms with Crippen molar-refractivity contribution in [2.45, 2.75) is 19.8 Å². The van der Waals surface area contributed by atoms with Crippen molar-refractivity contribution in [3.63, 3.8) is 0 Å². The fourth-order valence-corrected chi connectivity index (χ4v) is 1.65. The molecule has 76 valence electrons. The summed E-state index contributed by atoms with van der Waals surface area (Å²) in [5.74, 6) is 0.160. The van der Waals surface area contributed by atoms with Crippen molar-refractivity contribution in [1.82, 2.24) is 0 Å². The summed E-state index contributed by atoms with van der Waals surface area (Å²) >= 11 is 0. The zero-order valence-corrected chi connectivity index (χ0v) is 8.49. The number of benzene rings is 1. The molecule has 0 amide bonds. The number of nitrogens with zero attached hydrogens (tertiary/aromatic N) is 1. The van der Waals surface area contributed by atoms with Crippen LogP contribution in [0, 0.1) is 0 Å². The highest BCUT2D eigenvalue weighted by Crippen LogP contribution is 2.24. The van der Waals surface area contributed by atoms with Gasteiger partial charge in [0, 0.05) is 12.8 Å². The standard InChI is InChI=1S/C12H11NO2/c1-8(14)4-9-2-3-10-6-11(15)7-13-12(10)5-9/h2-3,5,7H,4,6H2,1H3. The summed E-state index contributed by atoms with van der Waals surface area (Å²) in [6.45, 7) is 1.56. The van der Waals surface area contributed by atoms with Crippen LogP contribution in [0.2, 0.25) is 0 Å². The molecule has 2 rings (SSSR count). The lowest BCUT2D eigenvalue weighted by atomic mass is 10.0. The Kier molecular flexibility index (Phi) is 2.46. The molecule has 0 bridgehead atoms. The van der Waals surface area contributed by atoms with Crippen LogP contribution in [0.25, 0.3) is 0 Å². The molecule has 3 heteroatoms. The number of rotatable bonds is 2. The van der Waals surface area contributed by atoms with E-state index in [-0.39, 0.29) is 11.6 Å². The van der Waals surface area contributed by atoms with E-state index in [4.69, 9.17) is 0 Å². The van der Waals surface area contributed by atoms with Crippen molar-refractivity contribution in [3.05, 3.63) is 29.3 Å². The van der Waals surface area contributed by atoms with Gasteiger partial charge in [-0.1, -0.05) is 12.1 Å². The van der Waals surface area contributed by atoms with Crippen molar-refractivity contribution in [1.29, 1.82) is 0 Å². The summed E-state index contributed by atoms with van der Waals surface area (Å²) in [5.41, 5.74) is 2.70. The molecule has 0 radical (unpaired) electrons. The average molecular weight is 201 g/mol. The number of carbonyl (C=O) groups excluding carboxylic acids is 2. The molecule has 0 saturated carbocycles. The lowest BCUT2D eigenvalue weighted by Crippen LogP contribution is -2.08. The third kappa shape index (κ3) is 2.18. The lowest BCUT2D eigenvalue weighted by Gasteiger charge is -2.09. The molecule has 0 N–H and O–H groups in total. The first kappa shape index (κ1) is 9.77. The van der Waals surface area contributed by atoms with Gasteiger partial charge in [0.2, 0.25) is 0 Å². The molecule has 0 unspecified atom stereocenters. The first-order valence-electron chi connectivity index (χ1n) is 4.83. The van der Waals surface area contributed by atoms with Gasteiger partial charge >= 0.3 is 0 Å². The van der Waals surface area contributed by atoms with Gasteiger partial charge in [-0.2, -0.15) is 0 Å². The smallest absolute Gasteiger partial charge is 0.178 e. The fraction of sp³-hybridized carbons (Fsp3) is 0.250. The minimum Gasteiger partial charge on any atom is -0.300 e. The Morgan fingerprint density at radius 1 is 1.47 bits per heavy atom. The monoisotopic (exact) mass is 201 g/mol. The van der Waals surface area contributed by atoms with Gasteiger partial charge in [0.1, 0.15) is 5.78 Å². The summed E-state index contributed by atoms with van der Waals surface area (Å²) in [4.78, 5) is 26.1. The Labute approximate surface area is 87.8 Å². The maximum absolute atomic E-state index is 11.1. The van der Waals surface area contributed by atoms with Crippen LogP contribution in [-0.4, -0.2) is 17.8 Å². The summed E-state index contributed by atoms with van der Waals surface area (Å²) in [5, 5.41) is 0. The SMILES string of the molecule is CC(=O)Cc1ccc2c(c1)N=CC(=O)C2. The molecule has 0 atom stereocenters. The molecule has 3 nitrogen and oxygen atoms in total. The van der Waals surface area contributed by atoms with Gasteiger partial charge in [-0.25, -0.2) is 0 Å². The Morgan fingerprint density at radius 2 is 2.27 bits per heavy atom. The normalized spacial score (nSPS) is 13.8. The third-order valence-corrected chi connectivity index (χ3v) is 2.32. The lowest BCUT2D eigenvalue weighted by molar-refractivity contribution is -0.116. The van der Waals surface area contributed by atoms with Crippen molar-refractivity contribution < 1.29 is 9.59 Å². The molecule has 1 aliphatic rings. The maximum Gasteiger partial charge on any atom is 0.178 e. The van der Waals surface area contributed by atoms with Crippen LogP contribution in [0.3, 0.4) is 0 Å². The summed E-state index contributed by atoms with van der Waals surface area (Å²) in [6, 6.07) is 5.63. The van der Waals surface area contributed by atoms with Crippen molar-refractivity contribution in [2.75, 3.05) is 0 Å². The van der Waals surface area contributed by atoms with Crippen LogP contribution in [0.1, 0.15) is 18.1 Å². The Hall–Kier alpha value is -1.77. The zero-order chi connectivity index (χ0) is 10.8. The Bertz CT molecular complexity index is 461. The Morgan fingerprint density at radius 3 is 3.00 bits per heavy atom. The van der Waals surface area contributed by atoms with E-state index in [0.717, 1.165) is 16.8 Å². The van der Waals surface area contributed by atoms with E-state index in [2.05, 4.69) is 4.99 Å². The van der Waals surface area contributed by atoms with E-state index in [1.165, 1.54) is 6.21 Å². The second-order valence-corrected chi connectivity index (χ2v) is 3.74. The molecule has 0 fully saturated rings. The molecule has 0 spiro atoms. The predicted octanol–water partition coefficient (Wildman–Crippen LogP) is 1.65. The summed E-state index contributed by atoms with van der Waals surface area (Å²) in [7, 11) is 0. The predicted molar refractivity (Wildman–Crippen MR) is 57.7 cm³/mol. The second-order valence-electron chi connectivity index (χ2n) is 3.74. The third-order valence-electron chi connectivity index (χ3n) is 2.32. The highest BCUT2D eigenvalue weighted by Gasteiger charge is 2.12. The van der Waals surface area contributed by atoms with Crippen molar-refractivity contribution in [3.8, 4) is 0 Å². The van der Waals surface area contributed by atoms with Crippen LogP contribution in [0.5, 0.6) is 0 Å². The van der Waals surface area contributed by atoms with E-state index in [1.54, 1.807) is 6.92 Å². The van der Waals surface area contributed by atoms with Gasteiger partial charge in [-0.15, -0.1) is 0 Å². The molecule has 15 heavy (non-hydrogen) atoms. The van der Waals surface area contributed by atoms with Gasteiger partial charge in [0.15, 0.2) is 5.78 Å². The largest absolute Gasteiger partial charge is 0.300 e. The van der Waals surface area contributed by atoms with Gasteiger partial charge in [-0.3, -0.25) is 14.6 Å². The zero-order valence-electron chi connectivity index (χ0n) is 8.49. The minimum absolute atomic E-state index is 0.0295. The van der Waals surface area contributed by atoms with E-state index < -0.39 is 0 Å². The first-order valence-corrected chi connectivity index (χ1v) is 4.83. The molecular formula is C12H11NO2. The number of hydrogen-bond donors (Lipinski definition) is 0. The number of hydrogen-bond acceptors (Lipinski definition) is 3. The van der Waals surface area contributed by atoms with Crippen LogP contribution in [0.4, 0.5) is 5.69 Å². The molecule has 1 aromatic carbocycles. The number of ketones is 2. The highest BCUT2D eigenvalue weighted by molar-refractivity contribution is 6.29. The number of carbonyl (C=O) groups is 2. The minimum atomic E-state index is 0.0295. The highest BCUT2D eigenvalue weighted by atomic mass is 16.1. The maximum atomic E-state index is 11.1. The van der Waals surface area contributed by atoms with Crippen LogP contribution < -0.4 is 0 Å². The van der Waals surface area contributed by atoms with Crippen molar-refractivity contribution in [2.24, 2.45) is 4.99 Å². The first-order chi connectivity index (χ1) is 7.15. The molecule has 0 aliphatic carbocycles. The van der Waals surface area contributed by atoms with Crippen molar-refractivity contribution >= 4 is 23.5 Å². The second kappa shape index (κ2) is 3.77. The van der Waals surface area contributed by atoms with E-state index in [9.17, 15) is 9.59 Å². The quantitative estimate of drug-likeness (QED) is 0.730. The molecule has 1 aromatic rings. The number of Topliss-reactive ketones (excluding diaryl/α,β-unsaturated/α-hetero) is 2. The van der Waals surface area contributed by atoms with E-state index in [1.807, 2.05) is 18.2 Å². The molecule has 1 aliphatic heterocycles. The summed E-state index contributed by atoms with van der Waals surface area (Å²) in [6.07, 6.45) is 2.19. The van der Waals surface area contributed by atoms with Gasteiger partial charge in [-0.05, 0) is 24.1 Å². The molecule has 0 saturated heterocycles. The number of aliphatic imine (C=N–C) groups is 1. The van der Waals surface area contributed by atoms with Gasteiger partial charge in [0.25, 0.3) is 0 Å².